The number of rotatable bonds is 5. The second-order valence-corrected chi connectivity index (χ2v) is 4.75. The standard InChI is InChI=1S/C15H21N5O/c1-4-16-15(17-10-14-18-12(2)19-21-14)20(3)11-13-8-6-5-7-9-13/h5-9H,4,10-11H2,1-3H3,(H,16,17). The minimum Gasteiger partial charge on any atom is -0.357 e. The molecule has 112 valence electrons. The van der Waals surface area contributed by atoms with E-state index in [9.17, 15) is 0 Å². The zero-order valence-corrected chi connectivity index (χ0v) is 12.7. The molecule has 2 aromatic rings. The molecule has 6 nitrogen and oxygen atoms in total. The number of nitrogens with zero attached hydrogens (tertiary/aromatic N) is 4. The fourth-order valence-corrected chi connectivity index (χ4v) is 1.95. The van der Waals surface area contributed by atoms with Gasteiger partial charge in [0, 0.05) is 20.1 Å². The van der Waals surface area contributed by atoms with E-state index < -0.39 is 0 Å². The molecule has 1 heterocycles. The normalized spacial score (nSPS) is 11.5. The van der Waals surface area contributed by atoms with E-state index in [1.807, 2.05) is 32.2 Å². The van der Waals surface area contributed by atoms with Crippen LogP contribution in [-0.2, 0) is 13.1 Å². The first kappa shape index (κ1) is 15.0. The van der Waals surface area contributed by atoms with Gasteiger partial charge >= 0.3 is 0 Å². The predicted molar refractivity (Wildman–Crippen MR) is 81.8 cm³/mol. The lowest BCUT2D eigenvalue weighted by molar-refractivity contribution is 0.375. The molecule has 0 saturated heterocycles. The molecule has 0 bridgehead atoms. The van der Waals surface area contributed by atoms with E-state index in [1.54, 1.807) is 6.92 Å². The molecule has 0 amide bonds. The minimum atomic E-state index is 0.377. The van der Waals surface area contributed by atoms with Gasteiger partial charge in [-0.05, 0) is 19.4 Å². The maximum absolute atomic E-state index is 5.08. The van der Waals surface area contributed by atoms with Gasteiger partial charge in [0.15, 0.2) is 11.8 Å². The van der Waals surface area contributed by atoms with Crippen molar-refractivity contribution in [3.05, 3.63) is 47.6 Å². The highest BCUT2D eigenvalue weighted by atomic mass is 16.5. The van der Waals surface area contributed by atoms with Crippen LogP contribution < -0.4 is 5.32 Å². The maximum atomic E-state index is 5.08. The van der Waals surface area contributed by atoms with Gasteiger partial charge in [-0.2, -0.15) is 4.98 Å². The van der Waals surface area contributed by atoms with Crippen molar-refractivity contribution in [2.45, 2.75) is 26.9 Å². The Morgan fingerprint density at radius 3 is 2.71 bits per heavy atom. The van der Waals surface area contributed by atoms with Crippen LogP contribution in [0.15, 0.2) is 39.8 Å². The molecule has 21 heavy (non-hydrogen) atoms. The summed E-state index contributed by atoms with van der Waals surface area (Å²) in [6.07, 6.45) is 0. The molecular weight excluding hydrogens is 266 g/mol. The monoisotopic (exact) mass is 287 g/mol. The van der Waals surface area contributed by atoms with Gasteiger partial charge in [-0.3, -0.25) is 0 Å². The molecule has 6 heteroatoms. The largest absolute Gasteiger partial charge is 0.357 e. The Morgan fingerprint density at radius 2 is 2.10 bits per heavy atom. The van der Waals surface area contributed by atoms with Gasteiger partial charge < -0.3 is 14.7 Å². The van der Waals surface area contributed by atoms with Gasteiger partial charge in [-0.15, -0.1) is 0 Å². The minimum absolute atomic E-state index is 0.377. The van der Waals surface area contributed by atoms with Crippen molar-refractivity contribution in [2.24, 2.45) is 4.99 Å². The van der Waals surface area contributed by atoms with E-state index in [-0.39, 0.29) is 0 Å². The Kier molecular flexibility index (Phi) is 5.31. The number of hydrogen-bond acceptors (Lipinski definition) is 4. The van der Waals surface area contributed by atoms with Gasteiger partial charge in [0.1, 0.15) is 6.54 Å². The molecule has 0 unspecified atom stereocenters. The topological polar surface area (TPSA) is 66.5 Å². The first-order chi connectivity index (χ1) is 10.2. The van der Waals surface area contributed by atoms with E-state index in [4.69, 9.17) is 4.52 Å². The van der Waals surface area contributed by atoms with Crippen molar-refractivity contribution in [3.8, 4) is 0 Å². The predicted octanol–water partition coefficient (Wildman–Crippen LogP) is 1.98. The molecule has 0 aliphatic heterocycles. The molecule has 0 radical (unpaired) electrons. The van der Waals surface area contributed by atoms with Crippen LogP contribution in [0.2, 0.25) is 0 Å². The van der Waals surface area contributed by atoms with Gasteiger partial charge in [0.25, 0.3) is 0 Å². The number of aromatic nitrogens is 2. The fraction of sp³-hybridized carbons (Fsp3) is 0.400. The average molecular weight is 287 g/mol. The maximum Gasteiger partial charge on any atom is 0.248 e. The Labute approximate surface area is 124 Å². The zero-order chi connectivity index (χ0) is 15.1. The van der Waals surface area contributed by atoms with Gasteiger partial charge in [0.05, 0.1) is 0 Å². The molecular formula is C15H21N5O. The second kappa shape index (κ2) is 7.42. The average Bonchev–Trinajstić information content (AvgIpc) is 2.90. The summed E-state index contributed by atoms with van der Waals surface area (Å²) in [6.45, 7) is 5.81. The van der Waals surface area contributed by atoms with Gasteiger partial charge in [0.2, 0.25) is 5.89 Å². The number of guanidine groups is 1. The van der Waals surface area contributed by atoms with Crippen molar-refractivity contribution in [2.75, 3.05) is 13.6 Å². The van der Waals surface area contributed by atoms with Crippen molar-refractivity contribution in [3.63, 3.8) is 0 Å². The van der Waals surface area contributed by atoms with E-state index in [0.717, 1.165) is 19.0 Å². The van der Waals surface area contributed by atoms with Crippen LogP contribution >= 0.6 is 0 Å². The van der Waals surface area contributed by atoms with E-state index in [0.29, 0.717) is 18.3 Å². The molecule has 0 atom stereocenters. The summed E-state index contributed by atoms with van der Waals surface area (Å²) in [7, 11) is 2.01. The molecule has 1 N–H and O–H groups in total. The summed E-state index contributed by atoms with van der Waals surface area (Å²) in [5, 5.41) is 7.03. The highest BCUT2D eigenvalue weighted by molar-refractivity contribution is 5.79. The number of aryl methyl sites for hydroxylation is 1. The van der Waals surface area contributed by atoms with Crippen LogP contribution in [-0.4, -0.2) is 34.6 Å². The van der Waals surface area contributed by atoms with Crippen LogP contribution in [0.3, 0.4) is 0 Å². The third-order valence-corrected chi connectivity index (χ3v) is 2.89. The Bertz CT molecular complexity index is 579. The molecule has 0 aliphatic rings. The van der Waals surface area contributed by atoms with E-state index in [1.165, 1.54) is 5.56 Å². The van der Waals surface area contributed by atoms with Crippen LogP contribution in [0.5, 0.6) is 0 Å². The van der Waals surface area contributed by atoms with Crippen molar-refractivity contribution >= 4 is 5.96 Å². The van der Waals surface area contributed by atoms with Crippen LogP contribution in [0.25, 0.3) is 0 Å². The smallest absolute Gasteiger partial charge is 0.248 e. The fourth-order valence-electron chi connectivity index (χ4n) is 1.95. The molecule has 1 aromatic heterocycles. The molecule has 1 aromatic carbocycles. The summed E-state index contributed by atoms with van der Waals surface area (Å²) in [4.78, 5) is 10.8. The van der Waals surface area contributed by atoms with E-state index >= 15 is 0 Å². The molecule has 0 aliphatic carbocycles. The van der Waals surface area contributed by atoms with Crippen LogP contribution in [0.1, 0.15) is 24.2 Å². The lowest BCUT2D eigenvalue weighted by Gasteiger charge is -2.21. The SMILES string of the molecule is CCNC(=NCc1nc(C)no1)N(C)Cc1ccccc1. The van der Waals surface area contributed by atoms with Crippen molar-refractivity contribution < 1.29 is 4.52 Å². The summed E-state index contributed by atoms with van der Waals surface area (Å²) in [5.74, 6) is 1.97. The summed E-state index contributed by atoms with van der Waals surface area (Å²) < 4.78 is 5.08. The molecule has 0 spiro atoms. The van der Waals surface area contributed by atoms with Gasteiger partial charge in [-0.25, -0.2) is 4.99 Å². The lowest BCUT2D eigenvalue weighted by Crippen LogP contribution is -2.38. The summed E-state index contributed by atoms with van der Waals surface area (Å²) in [5.41, 5.74) is 1.24. The Morgan fingerprint density at radius 1 is 1.33 bits per heavy atom. The summed E-state index contributed by atoms with van der Waals surface area (Å²) >= 11 is 0. The highest BCUT2D eigenvalue weighted by Crippen LogP contribution is 2.04. The third kappa shape index (κ3) is 4.59. The number of hydrogen-bond donors (Lipinski definition) is 1. The molecule has 2 rings (SSSR count). The van der Waals surface area contributed by atoms with Crippen LogP contribution in [0.4, 0.5) is 0 Å². The second-order valence-electron chi connectivity index (χ2n) is 4.75. The highest BCUT2D eigenvalue weighted by Gasteiger charge is 2.08. The Hall–Kier alpha value is -2.37. The van der Waals surface area contributed by atoms with Gasteiger partial charge in [-0.1, -0.05) is 35.5 Å². The zero-order valence-electron chi connectivity index (χ0n) is 12.7. The first-order valence-corrected chi connectivity index (χ1v) is 7.01. The number of benzene rings is 1. The van der Waals surface area contributed by atoms with Crippen molar-refractivity contribution in [1.29, 1.82) is 0 Å². The van der Waals surface area contributed by atoms with Crippen LogP contribution in [0, 0.1) is 6.92 Å². The third-order valence-electron chi connectivity index (χ3n) is 2.89. The number of nitrogens with one attached hydrogen (secondary N) is 1. The van der Waals surface area contributed by atoms with E-state index in [2.05, 4.69) is 37.5 Å². The first-order valence-electron chi connectivity index (χ1n) is 7.01. The Balaban J connectivity index is 2.02. The van der Waals surface area contributed by atoms with Crippen molar-refractivity contribution in [1.82, 2.24) is 20.4 Å². The summed E-state index contributed by atoms with van der Waals surface area (Å²) in [6, 6.07) is 10.3. The molecule has 0 saturated carbocycles. The lowest BCUT2D eigenvalue weighted by atomic mass is 10.2. The quantitative estimate of drug-likeness (QED) is 0.673. The molecule has 0 fully saturated rings. The number of aliphatic imine (C=N–C) groups is 1.